The van der Waals surface area contributed by atoms with Crippen LogP contribution in [0.2, 0.25) is 5.02 Å². The van der Waals surface area contributed by atoms with Crippen molar-refractivity contribution in [3.8, 4) is 0 Å². The first-order chi connectivity index (χ1) is 7.20. The quantitative estimate of drug-likeness (QED) is 0.724. The Hall–Kier alpha value is -1.48. The van der Waals surface area contributed by atoms with Gasteiger partial charge < -0.3 is 9.47 Å². The number of hydrogen-bond acceptors (Lipinski definition) is 3. The fourth-order valence-electron chi connectivity index (χ4n) is 1.44. The summed E-state index contributed by atoms with van der Waals surface area (Å²) in [6.07, 6.45) is 0.902. The smallest absolute Gasteiger partial charge is 0.335 e. The van der Waals surface area contributed by atoms with Gasteiger partial charge in [-0.1, -0.05) is 23.7 Å². The number of benzene rings is 1. The van der Waals surface area contributed by atoms with Crippen LogP contribution in [-0.4, -0.2) is 13.1 Å². The van der Waals surface area contributed by atoms with E-state index in [1.54, 1.807) is 24.3 Å². The number of carbonyl (C=O) groups is 1. The van der Waals surface area contributed by atoms with Crippen LogP contribution in [0.5, 0.6) is 0 Å². The molecule has 15 heavy (non-hydrogen) atoms. The van der Waals surface area contributed by atoms with Crippen molar-refractivity contribution >= 4 is 17.6 Å². The minimum atomic E-state index is -0.445. The lowest BCUT2D eigenvalue weighted by molar-refractivity contribution is -0.139. The van der Waals surface area contributed by atoms with Gasteiger partial charge in [-0.25, -0.2) is 4.79 Å². The Morgan fingerprint density at radius 1 is 1.33 bits per heavy atom. The van der Waals surface area contributed by atoms with Crippen LogP contribution in [0.4, 0.5) is 0 Å². The predicted octanol–water partition coefficient (Wildman–Crippen LogP) is 2.47. The summed E-state index contributed by atoms with van der Waals surface area (Å²) in [6, 6.07) is 7.10. The van der Waals surface area contributed by atoms with E-state index in [1.807, 2.05) is 0 Å². The standard InChI is InChI=1S/C11H9ClO3/c1-14-9-6-10(13)15-11(9)7-2-4-8(12)5-3-7/h2-6,11H,1H3. The van der Waals surface area contributed by atoms with Crippen molar-refractivity contribution in [1.82, 2.24) is 0 Å². The Morgan fingerprint density at radius 3 is 2.60 bits per heavy atom. The van der Waals surface area contributed by atoms with E-state index in [0.717, 1.165) is 5.56 Å². The molecular weight excluding hydrogens is 216 g/mol. The lowest BCUT2D eigenvalue weighted by Crippen LogP contribution is -2.03. The van der Waals surface area contributed by atoms with Gasteiger partial charge in [-0.3, -0.25) is 0 Å². The van der Waals surface area contributed by atoms with Gasteiger partial charge >= 0.3 is 5.97 Å². The summed E-state index contributed by atoms with van der Waals surface area (Å²) in [6.45, 7) is 0. The molecule has 1 heterocycles. The maximum Gasteiger partial charge on any atom is 0.335 e. The van der Waals surface area contributed by atoms with E-state index in [4.69, 9.17) is 21.1 Å². The molecule has 1 aliphatic rings. The van der Waals surface area contributed by atoms with Gasteiger partial charge in [0.25, 0.3) is 0 Å². The summed E-state index contributed by atoms with van der Waals surface area (Å²) >= 11 is 5.76. The molecule has 0 aliphatic carbocycles. The molecule has 3 nitrogen and oxygen atoms in total. The van der Waals surface area contributed by atoms with Crippen molar-refractivity contribution in [3.05, 3.63) is 46.7 Å². The van der Waals surface area contributed by atoms with Crippen molar-refractivity contribution in [3.63, 3.8) is 0 Å². The van der Waals surface area contributed by atoms with Crippen molar-refractivity contribution in [2.75, 3.05) is 7.11 Å². The van der Waals surface area contributed by atoms with Crippen LogP contribution in [0, 0.1) is 0 Å². The van der Waals surface area contributed by atoms with Gasteiger partial charge in [-0.2, -0.15) is 0 Å². The highest BCUT2D eigenvalue weighted by atomic mass is 35.5. The highest BCUT2D eigenvalue weighted by Gasteiger charge is 2.28. The third-order valence-electron chi connectivity index (χ3n) is 2.16. The maximum absolute atomic E-state index is 11.1. The van der Waals surface area contributed by atoms with Gasteiger partial charge in [0.2, 0.25) is 0 Å². The Morgan fingerprint density at radius 2 is 2.00 bits per heavy atom. The van der Waals surface area contributed by atoms with Crippen molar-refractivity contribution < 1.29 is 14.3 Å². The third kappa shape index (κ3) is 1.97. The second-order valence-corrected chi connectivity index (χ2v) is 3.56. The van der Waals surface area contributed by atoms with Crippen LogP contribution >= 0.6 is 11.6 Å². The molecule has 1 aromatic carbocycles. The number of hydrogen-bond donors (Lipinski definition) is 0. The minimum absolute atomic E-state index is 0.383. The molecule has 0 bridgehead atoms. The number of rotatable bonds is 2. The zero-order chi connectivity index (χ0) is 10.8. The molecule has 2 rings (SSSR count). The molecule has 1 aliphatic heterocycles. The summed E-state index contributed by atoms with van der Waals surface area (Å²) in [4.78, 5) is 11.1. The lowest BCUT2D eigenvalue weighted by Gasteiger charge is -2.13. The molecule has 0 saturated heterocycles. The number of esters is 1. The Balaban J connectivity index is 2.28. The normalized spacial score (nSPS) is 19.7. The first kappa shape index (κ1) is 10.1. The Labute approximate surface area is 92.3 Å². The molecule has 0 fully saturated rings. The Bertz CT molecular complexity index is 408. The van der Waals surface area contributed by atoms with Crippen LogP contribution in [-0.2, 0) is 14.3 Å². The van der Waals surface area contributed by atoms with Gasteiger partial charge in [0.15, 0.2) is 6.10 Å². The molecule has 0 spiro atoms. The molecule has 0 aromatic heterocycles. The van der Waals surface area contributed by atoms with E-state index in [9.17, 15) is 4.79 Å². The fourth-order valence-corrected chi connectivity index (χ4v) is 1.56. The summed E-state index contributed by atoms with van der Waals surface area (Å²) in [5, 5.41) is 0.644. The summed E-state index contributed by atoms with van der Waals surface area (Å²) < 4.78 is 10.2. The predicted molar refractivity (Wildman–Crippen MR) is 55.4 cm³/mol. The van der Waals surface area contributed by atoms with E-state index >= 15 is 0 Å². The molecule has 78 valence electrons. The number of ether oxygens (including phenoxy) is 2. The number of methoxy groups -OCH3 is 1. The van der Waals surface area contributed by atoms with Crippen LogP contribution in [0.15, 0.2) is 36.1 Å². The molecule has 0 radical (unpaired) electrons. The number of halogens is 1. The van der Waals surface area contributed by atoms with Crippen LogP contribution in [0.25, 0.3) is 0 Å². The monoisotopic (exact) mass is 224 g/mol. The van der Waals surface area contributed by atoms with E-state index in [2.05, 4.69) is 0 Å². The largest absolute Gasteiger partial charge is 0.496 e. The van der Waals surface area contributed by atoms with Crippen molar-refractivity contribution in [2.24, 2.45) is 0 Å². The highest BCUT2D eigenvalue weighted by Crippen LogP contribution is 2.31. The molecule has 0 N–H and O–H groups in total. The fraction of sp³-hybridized carbons (Fsp3) is 0.182. The van der Waals surface area contributed by atoms with Crippen molar-refractivity contribution in [2.45, 2.75) is 6.10 Å². The average Bonchev–Trinajstić information content (AvgIpc) is 2.61. The topological polar surface area (TPSA) is 35.5 Å². The van der Waals surface area contributed by atoms with Gasteiger partial charge in [-0.15, -0.1) is 0 Å². The van der Waals surface area contributed by atoms with Gasteiger partial charge in [0, 0.05) is 10.6 Å². The zero-order valence-corrected chi connectivity index (χ0v) is 8.82. The SMILES string of the molecule is COC1=CC(=O)OC1c1ccc(Cl)cc1. The number of carbonyl (C=O) groups excluding carboxylic acids is 1. The van der Waals surface area contributed by atoms with Crippen LogP contribution in [0.3, 0.4) is 0 Å². The average molecular weight is 225 g/mol. The lowest BCUT2D eigenvalue weighted by atomic mass is 10.1. The summed E-state index contributed by atoms with van der Waals surface area (Å²) in [5.41, 5.74) is 0.846. The molecule has 0 amide bonds. The van der Waals surface area contributed by atoms with E-state index in [1.165, 1.54) is 13.2 Å². The van der Waals surface area contributed by atoms with Gasteiger partial charge in [0.1, 0.15) is 5.76 Å². The van der Waals surface area contributed by atoms with Crippen LogP contribution < -0.4 is 0 Å². The molecule has 1 aromatic rings. The maximum atomic E-state index is 11.1. The second-order valence-electron chi connectivity index (χ2n) is 3.12. The van der Waals surface area contributed by atoms with Crippen molar-refractivity contribution in [1.29, 1.82) is 0 Å². The highest BCUT2D eigenvalue weighted by molar-refractivity contribution is 6.30. The second kappa shape index (κ2) is 3.95. The zero-order valence-electron chi connectivity index (χ0n) is 8.07. The molecule has 4 heteroatoms. The van der Waals surface area contributed by atoms with Gasteiger partial charge in [0.05, 0.1) is 13.2 Å². The Kier molecular flexibility index (Phi) is 2.64. The molecule has 1 atom stereocenters. The van der Waals surface area contributed by atoms with Crippen LogP contribution in [0.1, 0.15) is 11.7 Å². The molecule has 0 saturated carbocycles. The third-order valence-corrected chi connectivity index (χ3v) is 2.41. The minimum Gasteiger partial charge on any atom is -0.496 e. The first-order valence-electron chi connectivity index (χ1n) is 4.42. The van der Waals surface area contributed by atoms with E-state index < -0.39 is 6.10 Å². The van der Waals surface area contributed by atoms with E-state index in [-0.39, 0.29) is 5.97 Å². The summed E-state index contributed by atoms with van der Waals surface area (Å²) in [7, 11) is 1.51. The number of cyclic esters (lactones) is 1. The molecule has 1 unspecified atom stereocenters. The first-order valence-corrected chi connectivity index (χ1v) is 4.80. The van der Waals surface area contributed by atoms with E-state index in [0.29, 0.717) is 10.8 Å². The van der Waals surface area contributed by atoms with Gasteiger partial charge in [-0.05, 0) is 12.1 Å². The molecular formula is C11H9ClO3. The summed E-state index contributed by atoms with van der Waals surface area (Å²) in [5.74, 6) is 0.133.